The van der Waals surface area contributed by atoms with Crippen molar-refractivity contribution >= 4 is 87.4 Å². The quantitative estimate of drug-likeness (QED) is 0.166. The SMILES string of the molecule is N#Cc1cc(-n2c3ccc(-n4c5ccccc5c5ccccc54)cc3c3c4c5ccccc5n(-c5ccccc5)c4ccc32)c2oc3ccccc3c2c1-c1nc(-c2ccccc2)nc(-c2ccccc2)n1. The average molecular weight is 920 g/mol. The molecule has 0 aliphatic carbocycles. The van der Waals surface area contributed by atoms with Crippen LogP contribution in [0, 0.1) is 11.3 Å². The van der Waals surface area contributed by atoms with Crippen LogP contribution in [0.2, 0.25) is 0 Å². The zero-order valence-corrected chi connectivity index (χ0v) is 38.4. The number of nitriles is 1. The fourth-order valence-electron chi connectivity index (χ4n) is 11.3. The maximum atomic E-state index is 11.5. The van der Waals surface area contributed by atoms with E-state index < -0.39 is 0 Å². The van der Waals surface area contributed by atoms with Crippen molar-refractivity contribution in [1.29, 1.82) is 5.26 Å². The first-order valence-electron chi connectivity index (χ1n) is 24.0. The zero-order chi connectivity index (χ0) is 47.4. The third kappa shape index (κ3) is 5.76. The van der Waals surface area contributed by atoms with Crippen LogP contribution in [-0.4, -0.2) is 28.7 Å². The Hall–Kier alpha value is -10.1. The summed E-state index contributed by atoms with van der Waals surface area (Å²) >= 11 is 0. The number of furan rings is 1. The highest BCUT2D eigenvalue weighted by Gasteiger charge is 2.28. The van der Waals surface area contributed by atoms with Gasteiger partial charge in [0.1, 0.15) is 5.58 Å². The van der Waals surface area contributed by atoms with E-state index in [1.165, 1.54) is 10.8 Å². The summed E-state index contributed by atoms with van der Waals surface area (Å²) in [6.45, 7) is 0. The molecule has 0 saturated heterocycles. The van der Waals surface area contributed by atoms with Crippen molar-refractivity contribution in [1.82, 2.24) is 28.7 Å². The van der Waals surface area contributed by atoms with Gasteiger partial charge in [-0.25, -0.2) is 15.0 Å². The normalized spacial score (nSPS) is 11.9. The molecule has 0 fully saturated rings. The van der Waals surface area contributed by atoms with E-state index in [2.05, 4.69) is 159 Å². The number of fused-ring (bicyclic) bond motifs is 13. The Morgan fingerprint density at radius 3 is 1.47 bits per heavy atom. The van der Waals surface area contributed by atoms with Gasteiger partial charge in [-0.05, 0) is 72.8 Å². The van der Waals surface area contributed by atoms with Crippen LogP contribution in [0.1, 0.15) is 5.56 Å². The largest absolute Gasteiger partial charge is 0.454 e. The second-order valence-corrected chi connectivity index (χ2v) is 18.2. The molecule has 8 heteroatoms. The summed E-state index contributed by atoms with van der Waals surface area (Å²) in [5.41, 5.74) is 13.3. The lowest BCUT2D eigenvalue weighted by molar-refractivity contribution is 0.666. The summed E-state index contributed by atoms with van der Waals surface area (Å²) in [4.78, 5) is 15.4. The van der Waals surface area contributed by atoms with Gasteiger partial charge < -0.3 is 18.1 Å². The van der Waals surface area contributed by atoms with Crippen LogP contribution >= 0.6 is 0 Å². The molecule has 72 heavy (non-hydrogen) atoms. The lowest BCUT2D eigenvalue weighted by atomic mass is 9.98. The number of hydrogen-bond donors (Lipinski definition) is 0. The number of aromatic nitrogens is 6. The van der Waals surface area contributed by atoms with Crippen LogP contribution < -0.4 is 0 Å². The molecule has 15 aromatic rings. The van der Waals surface area contributed by atoms with Crippen LogP contribution in [-0.2, 0) is 0 Å². The molecular formula is C64H37N7O. The van der Waals surface area contributed by atoms with Crippen molar-refractivity contribution in [2.75, 3.05) is 0 Å². The molecule has 5 aromatic heterocycles. The van der Waals surface area contributed by atoms with Gasteiger partial charge >= 0.3 is 0 Å². The van der Waals surface area contributed by atoms with Gasteiger partial charge in [-0.3, -0.25) is 0 Å². The van der Waals surface area contributed by atoms with Crippen LogP contribution in [0.3, 0.4) is 0 Å². The molecule has 0 unspecified atom stereocenters. The molecule has 0 amide bonds. The molecule has 0 aliphatic rings. The fourth-order valence-corrected chi connectivity index (χ4v) is 11.3. The van der Waals surface area contributed by atoms with Crippen LogP contribution in [0.15, 0.2) is 229 Å². The molecule has 15 rings (SSSR count). The summed E-state index contributed by atoms with van der Waals surface area (Å²) in [6, 6.07) is 80.3. The Balaban J connectivity index is 1.08. The van der Waals surface area contributed by atoms with E-state index in [4.69, 9.17) is 19.4 Å². The molecule has 5 heterocycles. The summed E-state index contributed by atoms with van der Waals surface area (Å²) < 4.78 is 14.1. The summed E-state index contributed by atoms with van der Waals surface area (Å²) in [7, 11) is 0. The first-order valence-corrected chi connectivity index (χ1v) is 24.0. The second kappa shape index (κ2) is 15.5. The van der Waals surface area contributed by atoms with Gasteiger partial charge in [0.2, 0.25) is 0 Å². The second-order valence-electron chi connectivity index (χ2n) is 18.2. The molecule has 10 aromatic carbocycles. The van der Waals surface area contributed by atoms with Gasteiger partial charge in [0.15, 0.2) is 23.1 Å². The number of hydrogen-bond acceptors (Lipinski definition) is 5. The minimum atomic E-state index is 0.385. The van der Waals surface area contributed by atoms with Crippen molar-refractivity contribution in [3.8, 4) is 57.3 Å². The average Bonchev–Trinajstić information content (AvgIpc) is 4.20. The molecule has 8 nitrogen and oxygen atoms in total. The molecule has 334 valence electrons. The third-order valence-electron chi connectivity index (χ3n) is 14.3. The molecule has 0 aliphatic heterocycles. The van der Waals surface area contributed by atoms with E-state index in [0.29, 0.717) is 39.8 Å². The topological polar surface area (TPSA) is 90.4 Å². The van der Waals surface area contributed by atoms with E-state index in [-0.39, 0.29) is 0 Å². The molecule has 0 radical (unpaired) electrons. The van der Waals surface area contributed by atoms with Gasteiger partial charge in [-0.1, -0.05) is 152 Å². The minimum absolute atomic E-state index is 0.385. The van der Waals surface area contributed by atoms with E-state index in [0.717, 1.165) is 93.6 Å². The van der Waals surface area contributed by atoms with E-state index >= 15 is 0 Å². The predicted molar refractivity (Wildman–Crippen MR) is 291 cm³/mol. The zero-order valence-electron chi connectivity index (χ0n) is 38.4. The number of rotatable bonds is 6. The van der Waals surface area contributed by atoms with Gasteiger partial charge in [-0.2, -0.15) is 5.26 Å². The molecule has 0 atom stereocenters. The first-order chi connectivity index (χ1) is 35.7. The lowest BCUT2D eigenvalue weighted by Gasteiger charge is -2.14. The summed E-state index contributed by atoms with van der Waals surface area (Å²) in [6.07, 6.45) is 0. The highest BCUT2D eigenvalue weighted by molar-refractivity contribution is 6.30. The highest BCUT2D eigenvalue weighted by atomic mass is 16.3. The maximum absolute atomic E-state index is 11.5. The van der Waals surface area contributed by atoms with E-state index in [1.54, 1.807) is 0 Å². The Bertz CT molecular complexity index is 4640. The molecule has 0 saturated carbocycles. The van der Waals surface area contributed by atoms with Gasteiger partial charge in [0.25, 0.3) is 0 Å². The molecular weight excluding hydrogens is 883 g/mol. The fraction of sp³-hybridized carbons (Fsp3) is 0. The smallest absolute Gasteiger partial charge is 0.166 e. The lowest BCUT2D eigenvalue weighted by Crippen LogP contribution is -2.03. The Labute approximate surface area is 411 Å². The summed E-state index contributed by atoms with van der Waals surface area (Å²) in [5, 5.41) is 19.9. The van der Waals surface area contributed by atoms with Gasteiger partial charge in [-0.15, -0.1) is 0 Å². The van der Waals surface area contributed by atoms with Crippen LogP contribution in [0.5, 0.6) is 0 Å². The molecule has 0 spiro atoms. The van der Waals surface area contributed by atoms with Crippen molar-refractivity contribution in [2.45, 2.75) is 0 Å². The number of benzene rings is 10. The van der Waals surface area contributed by atoms with Crippen LogP contribution in [0.4, 0.5) is 0 Å². The number of nitrogens with zero attached hydrogens (tertiary/aromatic N) is 7. The highest BCUT2D eigenvalue weighted by Crippen LogP contribution is 2.47. The van der Waals surface area contributed by atoms with Crippen molar-refractivity contribution in [3.63, 3.8) is 0 Å². The van der Waals surface area contributed by atoms with Crippen molar-refractivity contribution in [2.24, 2.45) is 0 Å². The van der Waals surface area contributed by atoms with Gasteiger partial charge in [0.05, 0.1) is 50.4 Å². The van der Waals surface area contributed by atoms with Crippen molar-refractivity contribution in [3.05, 3.63) is 230 Å². The van der Waals surface area contributed by atoms with E-state index in [1.807, 2.05) is 84.9 Å². The molecule has 0 N–H and O–H groups in total. The predicted octanol–water partition coefficient (Wildman–Crippen LogP) is 15.9. The third-order valence-corrected chi connectivity index (χ3v) is 14.3. The Kier molecular flexibility index (Phi) is 8.55. The van der Waals surface area contributed by atoms with Crippen LogP contribution in [0.25, 0.3) is 139 Å². The standard InChI is InChI=1S/C64H37N7O/c65-38-41-36-55(61-60(47-27-13-17-31-56(47)72-61)57(41)64-67-62(39-18-4-1-5-19-39)66-63(68-64)40-20-6-2-7-21-40)71-52-33-32-43(70-49-28-14-10-24-44(49)45-25-11-15-29-50(45)70)37-48(52)59-54(71)35-34-53-58(59)46-26-12-16-30-51(46)69(53)42-22-8-3-9-23-42/h1-37H. The Morgan fingerprint density at radius 2 is 0.833 bits per heavy atom. The summed E-state index contributed by atoms with van der Waals surface area (Å²) in [5.74, 6) is 1.40. The first kappa shape index (κ1) is 39.9. The van der Waals surface area contributed by atoms with E-state index in [9.17, 15) is 5.26 Å². The monoisotopic (exact) mass is 919 g/mol. The molecule has 0 bridgehead atoms. The Morgan fingerprint density at radius 1 is 0.361 bits per heavy atom. The van der Waals surface area contributed by atoms with Gasteiger partial charge in [0, 0.05) is 71.2 Å². The minimum Gasteiger partial charge on any atom is -0.454 e. The maximum Gasteiger partial charge on any atom is 0.166 e. The van der Waals surface area contributed by atoms with Crippen molar-refractivity contribution < 1.29 is 4.42 Å². The number of para-hydroxylation sites is 5.